The molecule has 1 aromatic carbocycles. The average Bonchev–Trinajstić information content (AvgIpc) is 3.15. The number of nitrogens with zero attached hydrogens (tertiary/aromatic N) is 1. The second-order valence-corrected chi connectivity index (χ2v) is 5.01. The summed E-state index contributed by atoms with van der Waals surface area (Å²) in [6.07, 6.45) is 3.64. The van der Waals surface area contributed by atoms with Crippen molar-refractivity contribution < 1.29 is 9.21 Å². The molecule has 104 valence electrons. The molecule has 3 rings (SSSR count). The van der Waals surface area contributed by atoms with Gasteiger partial charge in [0.2, 0.25) is 0 Å². The van der Waals surface area contributed by atoms with Gasteiger partial charge in [0, 0.05) is 13.1 Å². The molecule has 0 radical (unpaired) electrons. The van der Waals surface area contributed by atoms with Crippen LogP contribution in [0.15, 0.2) is 53.1 Å². The molecule has 4 heteroatoms. The Balaban J connectivity index is 1.62. The summed E-state index contributed by atoms with van der Waals surface area (Å²) < 4.78 is 5.44. The molecule has 1 aliphatic rings. The van der Waals surface area contributed by atoms with Crippen molar-refractivity contribution in [3.05, 3.63) is 60.1 Å². The summed E-state index contributed by atoms with van der Waals surface area (Å²) in [4.78, 5) is 14.2. The molecule has 1 N–H and O–H groups in total. The van der Waals surface area contributed by atoms with Crippen LogP contribution in [0.3, 0.4) is 0 Å². The first-order chi connectivity index (χ1) is 9.84. The highest BCUT2D eigenvalue weighted by atomic mass is 16.3. The Hall–Kier alpha value is -2.23. The molecule has 1 atom stereocenters. The van der Waals surface area contributed by atoms with Gasteiger partial charge in [0.05, 0.1) is 12.3 Å². The Morgan fingerprint density at radius 3 is 2.85 bits per heavy atom. The zero-order valence-corrected chi connectivity index (χ0v) is 11.3. The van der Waals surface area contributed by atoms with Crippen molar-refractivity contribution >= 4 is 6.03 Å². The van der Waals surface area contributed by atoms with Gasteiger partial charge in [0.1, 0.15) is 5.76 Å². The highest BCUT2D eigenvalue weighted by molar-refractivity contribution is 5.75. The Bertz CT molecular complexity index is 551. The fraction of sp³-hybridized carbons (Fsp3) is 0.312. The summed E-state index contributed by atoms with van der Waals surface area (Å²) in [6, 6.07) is 13.8. The molecule has 2 amide bonds. The lowest BCUT2D eigenvalue weighted by atomic mass is 10.2. The van der Waals surface area contributed by atoms with Crippen molar-refractivity contribution in [2.45, 2.75) is 25.4 Å². The Kier molecular flexibility index (Phi) is 3.72. The summed E-state index contributed by atoms with van der Waals surface area (Å²) in [5.74, 6) is 0.873. The predicted octanol–water partition coefficient (Wildman–Crippen LogP) is 3.33. The van der Waals surface area contributed by atoms with Crippen molar-refractivity contribution in [2.75, 3.05) is 6.54 Å². The molecule has 4 nitrogen and oxygen atoms in total. The maximum atomic E-state index is 12.3. The van der Waals surface area contributed by atoms with Crippen LogP contribution in [-0.2, 0) is 6.54 Å². The number of urea groups is 1. The Labute approximate surface area is 118 Å². The van der Waals surface area contributed by atoms with Gasteiger partial charge in [-0.3, -0.25) is 0 Å². The van der Waals surface area contributed by atoms with Crippen LogP contribution in [0.2, 0.25) is 0 Å². The molecule has 0 bridgehead atoms. The maximum absolute atomic E-state index is 12.3. The highest BCUT2D eigenvalue weighted by Gasteiger charge is 2.31. The second kappa shape index (κ2) is 5.82. The molecule has 0 spiro atoms. The van der Waals surface area contributed by atoms with E-state index in [9.17, 15) is 4.79 Å². The van der Waals surface area contributed by atoms with Crippen molar-refractivity contribution in [2.24, 2.45) is 0 Å². The third-order valence-electron chi connectivity index (χ3n) is 3.67. The first-order valence-corrected chi connectivity index (χ1v) is 6.96. The predicted molar refractivity (Wildman–Crippen MR) is 76.1 cm³/mol. The Morgan fingerprint density at radius 2 is 2.10 bits per heavy atom. The van der Waals surface area contributed by atoms with Crippen LogP contribution in [-0.4, -0.2) is 17.5 Å². The molecule has 1 aromatic heterocycles. The van der Waals surface area contributed by atoms with Crippen molar-refractivity contribution in [3.8, 4) is 0 Å². The minimum Gasteiger partial charge on any atom is -0.467 e. The van der Waals surface area contributed by atoms with Crippen LogP contribution in [0, 0.1) is 0 Å². The first-order valence-electron chi connectivity index (χ1n) is 6.96. The molecule has 0 aliphatic carbocycles. The summed E-state index contributed by atoms with van der Waals surface area (Å²) in [5.41, 5.74) is 1.11. The quantitative estimate of drug-likeness (QED) is 0.929. The van der Waals surface area contributed by atoms with Gasteiger partial charge >= 0.3 is 6.03 Å². The third-order valence-corrected chi connectivity index (χ3v) is 3.67. The van der Waals surface area contributed by atoms with Gasteiger partial charge in [-0.05, 0) is 30.5 Å². The fourth-order valence-electron chi connectivity index (χ4n) is 2.66. The molecule has 1 fully saturated rings. The topological polar surface area (TPSA) is 45.5 Å². The number of likely N-dealkylation sites (tertiary alicyclic amines) is 1. The minimum atomic E-state index is -0.0206. The number of carbonyl (C=O) groups is 1. The second-order valence-electron chi connectivity index (χ2n) is 5.01. The molecular formula is C16H18N2O2. The van der Waals surface area contributed by atoms with Gasteiger partial charge in [0.25, 0.3) is 0 Å². The fourth-order valence-corrected chi connectivity index (χ4v) is 2.66. The van der Waals surface area contributed by atoms with Gasteiger partial charge in [-0.2, -0.15) is 0 Å². The van der Waals surface area contributed by atoms with Crippen molar-refractivity contribution in [1.29, 1.82) is 0 Å². The average molecular weight is 270 g/mol. The number of nitrogens with one attached hydrogen (secondary N) is 1. The van der Waals surface area contributed by atoms with E-state index in [4.69, 9.17) is 4.42 Å². The van der Waals surface area contributed by atoms with Gasteiger partial charge in [0.15, 0.2) is 0 Å². The number of hydrogen-bond acceptors (Lipinski definition) is 2. The summed E-state index contributed by atoms with van der Waals surface area (Å²) >= 11 is 0. The van der Waals surface area contributed by atoms with Crippen molar-refractivity contribution in [1.82, 2.24) is 10.2 Å². The van der Waals surface area contributed by atoms with Gasteiger partial charge in [-0.25, -0.2) is 4.79 Å². The lowest BCUT2D eigenvalue weighted by Gasteiger charge is -2.23. The SMILES string of the molecule is O=C(NCc1ccccc1)N1CCC[C@@H]1c1ccco1. The van der Waals surface area contributed by atoms with E-state index in [1.54, 1.807) is 6.26 Å². The largest absolute Gasteiger partial charge is 0.467 e. The van der Waals surface area contributed by atoms with E-state index in [-0.39, 0.29) is 12.1 Å². The van der Waals surface area contributed by atoms with Crippen LogP contribution >= 0.6 is 0 Å². The van der Waals surface area contributed by atoms with E-state index < -0.39 is 0 Å². The summed E-state index contributed by atoms with van der Waals surface area (Å²) in [6.45, 7) is 1.34. The van der Waals surface area contributed by atoms with E-state index in [2.05, 4.69) is 5.32 Å². The summed E-state index contributed by atoms with van der Waals surface area (Å²) in [5, 5.41) is 2.98. The monoisotopic (exact) mass is 270 g/mol. The number of carbonyl (C=O) groups excluding carboxylic acids is 1. The molecule has 0 saturated carbocycles. The molecule has 1 aliphatic heterocycles. The van der Waals surface area contributed by atoms with E-state index in [0.717, 1.165) is 30.7 Å². The van der Waals surface area contributed by atoms with E-state index >= 15 is 0 Å². The Morgan fingerprint density at radius 1 is 1.25 bits per heavy atom. The highest BCUT2D eigenvalue weighted by Crippen LogP contribution is 2.31. The van der Waals surface area contributed by atoms with Gasteiger partial charge in [-0.15, -0.1) is 0 Å². The zero-order valence-electron chi connectivity index (χ0n) is 11.3. The van der Waals surface area contributed by atoms with Crippen LogP contribution in [0.1, 0.15) is 30.2 Å². The van der Waals surface area contributed by atoms with Crippen LogP contribution in [0.5, 0.6) is 0 Å². The number of amides is 2. The molecule has 2 heterocycles. The lowest BCUT2D eigenvalue weighted by Crippen LogP contribution is -2.39. The number of benzene rings is 1. The van der Waals surface area contributed by atoms with Crippen molar-refractivity contribution in [3.63, 3.8) is 0 Å². The minimum absolute atomic E-state index is 0.0206. The molecule has 0 unspecified atom stereocenters. The number of furan rings is 1. The molecule has 1 saturated heterocycles. The number of hydrogen-bond donors (Lipinski definition) is 1. The van der Waals surface area contributed by atoms with Gasteiger partial charge < -0.3 is 14.6 Å². The lowest BCUT2D eigenvalue weighted by molar-refractivity contribution is 0.186. The first kappa shape index (κ1) is 12.8. The van der Waals surface area contributed by atoms with E-state index in [1.165, 1.54) is 0 Å². The summed E-state index contributed by atoms with van der Waals surface area (Å²) in [7, 11) is 0. The van der Waals surface area contributed by atoms with E-state index in [0.29, 0.717) is 6.54 Å². The standard InChI is InChI=1S/C16H18N2O2/c19-16(17-12-13-6-2-1-3-7-13)18-10-4-8-14(18)15-9-5-11-20-15/h1-3,5-7,9,11,14H,4,8,10,12H2,(H,17,19)/t14-/m1/s1. The molecular weight excluding hydrogens is 252 g/mol. The maximum Gasteiger partial charge on any atom is 0.318 e. The third kappa shape index (κ3) is 2.69. The van der Waals surface area contributed by atoms with Crippen LogP contribution < -0.4 is 5.32 Å². The normalized spacial score (nSPS) is 18.2. The molecule has 2 aromatic rings. The smallest absolute Gasteiger partial charge is 0.318 e. The van der Waals surface area contributed by atoms with E-state index in [1.807, 2.05) is 47.4 Å². The number of rotatable bonds is 3. The van der Waals surface area contributed by atoms with Gasteiger partial charge in [-0.1, -0.05) is 30.3 Å². The molecule has 20 heavy (non-hydrogen) atoms. The van der Waals surface area contributed by atoms with Crippen LogP contribution in [0.4, 0.5) is 4.79 Å². The zero-order chi connectivity index (χ0) is 13.8. The van der Waals surface area contributed by atoms with Crippen LogP contribution in [0.25, 0.3) is 0 Å².